The predicted molar refractivity (Wildman–Crippen MR) is 89.1 cm³/mol. The summed E-state index contributed by atoms with van der Waals surface area (Å²) in [5.41, 5.74) is 2.18. The molecule has 3 nitrogen and oxygen atoms in total. The Morgan fingerprint density at radius 3 is 2.61 bits per heavy atom. The van der Waals surface area contributed by atoms with Crippen molar-refractivity contribution >= 4 is 11.5 Å². The number of benzene rings is 2. The lowest BCUT2D eigenvalue weighted by molar-refractivity contribution is 0.101. The zero-order valence-corrected chi connectivity index (χ0v) is 13.5. The van der Waals surface area contributed by atoms with Gasteiger partial charge in [0, 0.05) is 17.5 Å². The molecule has 118 valence electrons. The molecule has 0 amide bonds. The second-order valence-electron chi connectivity index (χ2n) is 6.18. The lowest BCUT2D eigenvalue weighted by Gasteiger charge is -2.26. The van der Waals surface area contributed by atoms with Crippen LogP contribution in [0.4, 0.5) is 10.1 Å². The maximum Gasteiger partial charge on any atom is 0.159 e. The lowest BCUT2D eigenvalue weighted by Crippen LogP contribution is -2.28. The Bertz CT molecular complexity index is 775. The fraction of sp³-hybridized carbons (Fsp3) is 0.263. The Labute approximate surface area is 135 Å². The third-order valence-corrected chi connectivity index (χ3v) is 3.87. The summed E-state index contributed by atoms with van der Waals surface area (Å²) in [6.45, 7) is 5.99. The number of hydrogen-bond acceptors (Lipinski definition) is 3. The smallest absolute Gasteiger partial charge is 0.159 e. The molecule has 0 bridgehead atoms. The number of nitriles is 1. The van der Waals surface area contributed by atoms with Crippen LogP contribution in [0.15, 0.2) is 42.5 Å². The number of ketones is 1. The van der Waals surface area contributed by atoms with E-state index in [2.05, 4.69) is 11.4 Å². The third-order valence-electron chi connectivity index (χ3n) is 3.87. The molecule has 4 heteroatoms. The minimum atomic E-state index is -0.332. The van der Waals surface area contributed by atoms with Gasteiger partial charge in [0.25, 0.3) is 0 Å². The highest BCUT2D eigenvalue weighted by Crippen LogP contribution is 2.26. The van der Waals surface area contributed by atoms with Crippen molar-refractivity contribution in [3.8, 4) is 6.07 Å². The first kappa shape index (κ1) is 16.7. The maximum absolute atomic E-state index is 13.4. The number of hydrogen-bond donors (Lipinski definition) is 1. The number of carbonyl (C=O) groups is 1. The molecule has 0 aliphatic heterocycles. The number of halogens is 1. The van der Waals surface area contributed by atoms with E-state index in [4.69, 9.17) is 0 Å². The monoisotopic (exact) mass is 310 g/mol. The summed E-state index contributed by atoms with van der Waals surface area (Å²) in [5, 5.41) is 12.4. The molecule has 0 fully saturated rings. The zero-order valence-electron chi connectivity index (χ0n) is 13.5. The normalized spacial score (nSPS) is 10.9. The summed E-state index contributed by atoms with van der Waals surface area (Å²) in [4.78, 5) is 11.5. The van der Waals surface area contributed by atoms with Crippen molar-refractivity contribution in [3.63, 3.8) is 0 Å². The largest absolute Gasteiger partial charge is 0.383 e. The molecule has 0 saturated carbocycles. The molecular formula is C19H19FN2O. The minimum absolute atomic E-state index is 0.0538. The highest BCUT2D eigenvalue weighted by molar-refractivity contribution is 5.95. The van der Waals surface area contributed by atoms with E-state index in [-0.39, 0.29) is 17.0 Å². The van der Waals surface area contributed by atoms with E-state index in [1.807, 2.05) is 19.9 Å². The van der Waals surface area contributed by atoms with Crippen molar-refractivity contribution in [1.29, 1.82) is 5.26 Å². The summed E-state index contributed by atoms with van der Waals surface area (Å²) in [5.74, 6) is -0.325. The number of nitrogens with zero attached hydrogens (tertiary/aromatic N) is 1. The molecule has 0 aromatic heterocycles. The average molecular weight is 310 g/mol. The van der Waals surface area contributed by atoms with Gasteiger partial charge in [0.15, 0.2) is 5.78 Å². The van der Waals surface area contributed by atoms with E-state index in [1.165, 1.54) is 19.1 Å². The molecule has 0 unspecified atom stereocenters. The van der Waals surface area contributed by atoms with Gasteiger partial charge in [-0.05, 0) is 42.8 Å². The molecule has 2 aromatic rings. The molecule has 2 rings (SSSR count). The second-order valence-corrected chi connectivity index (χ2v) is 6.18. The van der Waals surface area contributed by atoms with E-state index < -0.39 is 0 Å². The summed E-state index contributed by atoms with van der Waals surface area (Å²) in [7, 11) is 0. The van der Waals surface area contributed by atoms with Crippen LogP contribution in [0.2, 0.25) is 0 Å². The summed E-state index contributed by atoms with van der Waals surface area (Å²) >= 11 is 0. The summed E-state index contributed by atoms with van der Waals surface area (Å²) < 4.78 is 13.4. The van der Waals surface area contributed by atoms with Crippen molar-refractivity contribution in [2.75, 3.05) is 11.9 Å². The molecular weight excluding hydrogens is 291 g/mol. The Hall–Kier alpha value is -2.67. The molecule has 2 aromatic carbocycles. The van der Waals surface area contributed by atoms with Gasteiger partial charge in [-0.3, -0.25) is 4.79 Å². The molecule has 0 spiro atoms. The van der Waals surface area contributed by atoms with Gasteiger partial charge in [0.05, 0.1) is 11.3 Å². The Morgan fingerprint density at radius 1 is 1.26 bits per heavy atom. The van der Waals surface area contributed by atoms with Gasteiger partial charge in [0.2, 0.25) is 0 Å². The van der Waals surface area contributed by atoms with Crippen LogP contribution in [-0.4, -0.2) is 12.3 Å². The zero-order chi connectivity index (χ0) is 17.0. The molecule has 0 atom stereocenters. The molecule has 0 radical (unpaired) electrons. The topological polar surface area (TPSA) is 52.9 Å². The fourth-order valence-electron chi connectivity index (χ4n) is 2.33. The predicted octanol–water partition coefficient (Wildman–Crippen LogP) is 4.29. The van der Waals surface area contributed by atoms with Crippen molar-refractivity contribution in [3.05, 3.63) is 65.0 Å². The molecule has 0 aliphatic rings. The van der Waals surface area contributed by atoms with Crippen LogP contribution in [0.25, 0.3) is 0 Å². The first-order valence-corrected chi connectivity index (χ1v) is 7.38. The molecule has 0 aliphatic carbocycles. The Morgan fingerprint density at radius 2 is 2.00 bits per heavy atom. The SMILES string of the molecule is CC(=O)c1ccc(C#N)c(NCC(C)(C)c2cccc(F)c2)c1. The number of nitrogens with one attached hydrogen (secondary N) is 1. The van der Waals surface area contributed by atoms with E-state index in [0.29, 0.717) is 23.4 Å². The van der Waals surface area contributed by atoms with Gasteiger partial charge in [-0.25, -0.2) is 4.39 Å². The van der Waals surface area contributed by atoms with Crippen molar-refractivity contribution < 1.29 is 9.18 Å². The standard InChI is InChI=1S/C19H19FN2O/c1-13(23)14-7-8-15(11-21)18(9-14)22-12-19(2,3)16-5-4-6-17(20)10-16/h4-10,22H,12H2,1-3H3. The third kappa shape index (κ3) is 3.95. The maximum atomic E-state index is 13.4. The first-order valence-electron chi connectivity index (χ1n) is 7.38. The van der Waals surface area contributed by atoms with E-state index in [0.717, 1.165) is 5.56 Å². The average Bonchev–Trinajstić information content (AvgIpc) is 2.52. The van der Waals surface area contributed by atoms with Gasteiger partial charge < -0.3 is 5.32 Å². The molecule has 0 saturated heterocycles. The van der Waals surface area contributed by atoms with Crippen LogP contribution in [-0.2, 0) is 5.41 Å². The van der Waals surface area contributed by atoms with E-state index in [9.17, 15) is 14.4 Å². The lowest BCUT2D eigenvalue weighted by atomic mass is 9.84. The van der Waals surface area contributed by atoms with Crippen LogP contribution >= 0.6 is 0 Å². The van der Waals surface area contributed by atoms with Crippen LogP contribution in [0.3, 0.4) is 0 Å². The van der Waals surface area contributed by atoms with E-state index in [1.54, 1.807) is 24.3 Å². The molecule has 0 heterocycles. The highest BCUT2D eigenvalue weighted by atomic mass is 19.1. The van der Waals surface area contributed by atoms with Crippen LogP contribution < -0.4 is 5.32 Å². The molecule has 1 N–H and O–H groups in total. The van der Waals surface area contributed by atoms with E-state index >= 15 is 0 Å². The van der Waals surface area contributed by atoms with Gasteiger partial charge in [-0.1, -0.05) is 26.0 Å². The van der Waals surface area contributed by atoms with Gasteiger partial charge in [0.1, 0.15) is 11.9 Å². The Kier molecular flexibility index (Phi) is 4.80. The van der Waals surface area contributed by atoms with Crippen molar-refractivity contribution in [1.82, 2.24) is 0 Å². The molecule has 23 heavy (non-hydrogen) atoms. The van der Waals surface area contributed by atoms with Crippen LogP contribution in [0.5, 0.6) is 0 Å². The quantitative estimate of drug-likeness (QED) is 0.838. The number of anilines is 1. The first-order chi connectivity index (χ1) is 10.8. The number of Topliss-reactive ketones (excluding diaryl/α,β-unsaturated/α-hetero) is 1. The van der Waals surface area contributed by atoms with Gasteiger partial charge in [-0.2, -0.15) is 5.26 Å². The fourth-order valence-corrected chi connectivity index (χ4v) is 2.33. The van der Waals surface area contributed by atoms with Gasteiger partial charge in [-0.15, -0.1) is 0 Å². The highest BCUT2D eigenvalue weighted by Gasteiger charge is 2.21. The van der Waals surface area contributed by atoms with Crippen LogP contribution in [0.1, 0.15) is 42.3 Å². The number of rotatable bonds is 5. The van der Waals surface area contributed by atoms with Crippen molar-refractivity contribution in [2.45, 2.75) is 26.2 Å². The summed E-state index contributed by atoms with van der Waals surface area (Å²) in [6.07, 6.45) is 0. The second kappa shape index (κ2) is 6.62. The van der Waals surface area contributed by atoms with Crippen LogP contribution in [0, 0.1) is 17.1 Å². The minimum Gasteiger partial charge on any atom is -0.383 e. The summed E-state index contributed by atoms with van der Waals surface area (Å²) in [6, 6.07) is 13.6. The van der Waals surface area contributed by atoms with Crippen molar-refractivity contribution in [2.24, 2.45) is 0 Å². The number of carbonyl (C=O) groups excluding carboxylic acids is 1. The van der Waals surface area contributed by atoms with Gasteiger partial charge >= 0.3 is 0 Å². The Balaban J connectivity index is 2.24.